The van der Waals surface area contributed by atoms with Gasteiger partial charge in [0.15, 0.2) is 0 Å². The second-order valence-electron chi connectivity index (χ2n) is 6.30. The van der Waals surface area contributed by atoms with Crippen LogP contribution in [-0.2, 0) is 22.4 Å². The molecule has 0 saturated carbocycles. The minimum absolute atomic E-state index is 0.0434. The molecule has 1 aromatic heterocycles. The third-order valence-electron chi connectivity index (χ3n) is 3.55. The van der Waals surface area contributed by atoms with Gasteiger partial charge in [-0.1, -0.05) is 26.0 Å². The topological polar surface area (TPSA) is 79.3 Å². The zero-order valence-corrected chi connectivity index (χ0v) is 15.0. The number of carbonyl (C=O) groups excluding carboxylic acids is 1. The van der Waals surface area contributed by atoms with Gasteiger partial charge in [0, 0.05) is 11.8 Å². The molecular formula is C18H21FN2O3S. The number of amides is 1. The lowest BCUT2D eigenvalue weighted by Crippen LogP contribution is -2.42. The van der Waals surface area contributed by atoms with Crippen molar-refractivity contribution in [3.8, 4) is 0 Å². The van der Waals surface area contributed by atoms with Gasteiger partial charge >= 0.3 is 5.97 Å². The summed E-state index contributed by atoms with van der Waals surface area (Å²) in [6.07, 6.45) is 0.993. The number of hydrogen-bond acceptors (Lipinski definition) is 4. The molecule has 1 heterocycles. The Hall–Kier alpha value is -2.28. The van der Waals surface area contributed by atoms with E-state index in [1.165, 1.54) is 23.5 Å². The Morgan fingerprint density at radius 3 is 2.56 bits per heavy atom. The highest BCUT2D eigenvalue weighted by Crippen LogP contribution is 2.16. The van der Waals surface area contributed by atoms with E-state index in [2.05, 4.69) is 10.3 Å². The molecule has 5 nitrogen and oxygen atoms in total. The molecular weight excluding hydrogens is 343 g/mol. The number of hydrogen-bond donors (Lipinski definition) is 2. The first kappa shape index (κ1) is 19.1. The van der Waals surface area contributed by atoms with Crippen LogP contribution in [0.15, 0.2) is 29.6 Å². The van der Waals surface area contributed by atoms with Crippen molar-refractivity contribution in [2.75, 3.05) is 0 Å². The Bertz CT molecular complexity index is 728. The summed E-state index contributed by atoms with van der Waals surface area (Å²) in [5.41, 5.74) is 1.54. The van der Waals surface area contributed by atoms with Crippen molar-refractivity contribution in [3.05, 3.63) is 51.7 Å². The summed E-state index contributed by atoms with van der Waals surface area (Å²) in [6.45, 7) is 3.81. The van der Waals surface area contributed by atoms with Crippen molar-refractivity contribution in [3.63, 3.8) is 0 Å². The number of aliphatic carboxylic acids is 1. The molecule has 1 aromatic carbocycles. The first-order chi connectivity index (χ1) is 11.8. The van der Waals surface area contributed by atoms with Gasteiger partial charge in [0.1, 0.15) is 11.9 Å². The Labute approximate surface area is 149 Å². The van der Waals surface area contributed by atoms with Crippen LogP contribution in [0.1, 0.15) is 36.5 Å². The lowest BCUT2D eigenvalue weighted by atomic mass is 10.0. The fraction of sp³-hybridized carbons (Fsp3) is 0.389. The maximum Gasteiger partial charge on any atom is 0.326 e. The third kappa shape index (κ3) is 6.26. The van der Waals surface area contributed by atoms with Crippen LogP contribution in [0.3, 0.4) is 0 Å². The van der Waals surface area contributed by atoms with Crippen LogP contribution in [0.4, 0.5) is 4.39 Å². The van der Waals surface area contributed by atoms with Crippen LogP contribution in [0.25, 0.3) is 0 Å². The molecule has 0 bridgehead atoms. The number of rotatable bonds is 8. The Morgan fingerprint density at radius 2 is 1.96 bits per heavy atom. The summed E-state index contributed by atoms with van der Waals surface area (Å²) in [5, 5.41) is 14.3. The molecule has 0 spiro atoms. The highest BCUT2D eigenvalue weighted by Gasteiger charge is 2.21. The summed E-state index contributed by atoms with van der Waals surface area (Å²) < 4.78 is 12.9. The zero-order valence-electron chi connectivity index (χ0n) is 14.2. The van der Waals surface area contributed by atoms with Crippen LogP contribution >= 0.6 is 11.3 Å². The molecule has 2 aromatic rings. The summed E-state index contributed by atoms with van der Waals surface area (Å²) in [7, 11) is 0. The van der Waals surface area contributed by atoms with Gasteiger partial charge in [0.2, 0.25) is 5.91 Å². The van der Waals surface area contributed by atoms with Gasteiger partial charge in [0.25, 0.3) is 0 Å². The zero-order chi connectivity index (χ0) is 18.4. The first-order valence-electron chi connectivity index (χ1n) is 8.03. The van der Waals surface area contributed by atoms with Gasteiger partial charge in [-0.25, -0.2) is 14.2 Å². The smallest absolute Gasteiger partial charge is 0.326 e. The first-order valence-corrected chi connectivity index (χ1v) is 8.91. The minimum atomic E-state index is -1.03. The second kappa shape index (κ2) is 8.71. The van der Waals surface area contributed by atoms with Gasteiger partial charge in [-0.15, -0.1) is 11.3 Å². The number of carboxylic acids is 1. The largest absolute Gasteiger partial charge is 0.480 e. The number of carbonyl (C=O) groups is 2. The van der Waals surface area contributed by atoms with E-state index >= 15 is 0 Å². The number of halogens is 1. The van der Waals surface area contributed by atoms with E-state index in [9.17, 15) is 14.0 Å². The molecule has 25 heavy (non-hydrogen) atoms. The maximum atomic E-state index is 12.9. The molecule has 1 atom stereocenters. The molecule has 2 N–H and O–H groups in total. The van der Waals surface area contributed by atoms with Crippen LogP contribution in [0.5, 0.6) is 0 Å². The number of nitrogens with zero attached hydrogens (tertiary/aromatic N) is 1. The van der Waals surface area contributed by atoms with Crippen LogP contribution in [0, 0.1) is 11.7 Å². The van der Waals surface area contributed by atoms with Crippen LogP contribution in [0.2, 0.25) is 0 Å². The maximum absolute atomic E-state index is 12.9. The number of nitrogens with one attached hydrogen (secondary N) is 1. The van der Waals surface area contributed by atoms with Crippen molar-refractivity contribution in [1.82, 2.24) is 10.3 Å². The number of thiazole rings is 1. The minimum Gasteiger partial charge on any atom is -0.480 e. The third-order valence-corrected chi connectivity index (χ3v) is 4.45. The van der Waals surface area contributed by atoms with Gasteiger partial charge < -0.3 is 10.4 Å². The molecule has 134 valence electrons. The van der Waals surface area contributed by atoms with Gasteiger partial charge in [-0.3, -0.25) is 4.79 Å². The van der Waals surface area contributed by atoms with Crippen molar-refractivity contribution < 1.29 is 19.1 Å². The molecule has 2 rings (SSSR count). The van der Waals surface area contributed by atoms with Crippen LogP contribution < -0.4 is 5.32 Å². The Morgan fingerprint density at radius 1 is 1.28 bits per heavy atom. The monoisotopic (exact) mass is 364 g/mol. The van der Waals surface area contributed by atoms with E-state index in [4.69, 9.17) is 5.11 Å². The molecule has 0 aliphatic heterocycles. The number of benzene rings is 1. The van der Waals surface area contributed by atoms with E-state index < -0.39 is 12.0 Å². The Kier molecular flexibility index (Phi) is 6.64. The van der Waals surface area contributed by atoms with Crippen molar-refractivity contribution >= 4 is 23.2 Å². The molecule has 0 radical (unpaired) electrons. The number of aromatic nitrogens is 1. The fourth-order valence-corrected chi connectivity index (χ4v) is 3.22. The molecule has 0 unspecified atom stereocenters. The van der Waals surface area contributed by atoms with Gasteiger partial charge in [0.05, 0.1) is 17.1 Å². The molecule has 1 amide bonds. The summed E-state index contributed by atoms with van der Waals surface area (Å²) in [5.74, 6) is -1.50. The van der Waals surface area contributed by atoms with E-state index in [1.807, 2.05) is 13.8 Å². The summed E-state index contributed by atoms with van der Waals surface area (Å²) in [4.78, 5) is 27.7. The summed E-state index contributed by atoms with van der Waals surface area (Å²) >= 11 is 1.43. The van der Waals surface area contributed by atoms with Crippen molar-refractivity contribution in [2.24, 2.45) is 5.92 Å². The highest BCUT2D eigenvalue weighted by atomic mass is 32.1. The van der Waals surface area contributed by atoms with Gasteiger partial charge in [-0.05, 0) is 30.0 Å². The molecule has 0 fully saturated rings. The summed E-state index contributed by atoms with van der Waals surface area (Å²) in [6, 6.07) is 5.32. The Balaban J connectivity index is 1.92. The predicted molar refractivity (Wildman–Crippen MR) is 94.0 cm³/mol. The van der Waals surface area contributed by atoms with E-state index in [1.54, 1.807) is 17.5 Å². The van der Waals surface area contributed by atoms with E-state index in [0.717, 1.165) is 10.6 Å². The average Bonchev–Trinajstić information content (AvgIpc) is 2.95. The quantitative estimate of drug-likeness (QED) is 0.755. The van der Waals surface area contributed by atoms with E-state index in [-0.39, 0.29) is 24.1 Å². The highest BCUT2D eigenvalue weighted by molar-refractivity contribution is 7.09. The van der Waals surface area contributed by atoms with E-state index in [0.29, 0.717) is 18.5 Å². The average molecular weight is 364 g/mol. The van der Waals surface area contributed by atoms with Crippen molar-refractivity contribution in [2.45, 2.75) is 39.2 Å². The number of carboxylic acid groups (broad SMARTS) is 1. The lowest BCUT2D eigenvalue weighted by Gasteiger charge is -2.16. The van der Waals surface area contributed by atoms with Gasteiger partial charge in [-0.2, -0.15) is 0 Å². The van der Waals surface area contributed by atoms with Crippen LogP contribution in [-0.4, -0.2) is 28.0 Å². The molecule has 0 saturated heterocycles. The SMILES string of the molecule is CC(C)C[C@@H](NC(=O)Cc1csc(Cc2ccc(F)cc2)n1)C(=O)O. The normalized spacial score (nSPS) is 12.2. The fourth-order valence-electron chi connectivity index (χ4n) is 2.39. The second-order valence-corrected chi connectivity index (χ2v) is 7.24. The molecule has 7 heteroatoms. The standard InChI is InChI=1S/C18H21FN2O3S/c1-11(2)7-15(18(23)24)21-16(22)9-14-10-25-17(20-14)8-12-3-5-13(19)6-4-12/h3-6,10-11,15H,7-9H2,1-2H3,(H,21,22)(H,23,24)/t15-/m1/s1. The molecule has 0 aliphatic rings. The molecule has 0 aliphatic carbocycles. The predicted octanol–water partition coefficient (Wildman–Crippen LogP) is 3.03. The van der Waals surface area contributed by atoms with Crippen molar-refractivity contribution in [1.29, 1.82) is 0 Å². The lowest BCUT2D eigenvalue weighted by molar-refractivity contribution is -0.142.